The number of ether oxygens (including phenoxy) is 1. The third-order valence-corrected chi connectivity index (χ3v) is 3.77. The van der Waals surface area contributed by atoms with Gasteiger partial charge in [0.2, 0.25) is 0 Å². The summed E-state index contributed by atoms with van der Waals surface area (Å²) < 4.78 is 5.82. The fraction of sp³-hybridized carbons (Fsp3) is 0.0667. The van der Waals surface area contributed by atoms with Crippen LogP contribution >= 0.6 is 28.1 Å². The van der Waals surface area contributed by atoms with Crippen molar-refractivity contribution in [1.82, 2.24) is 0 Å². The molecule has 0 saturated carbocycles. The predicted octanol–water partition coefficient (Wildman–Crippen LogP) is 3.34. The average molecular weight is 365 g/mol. The molecule has 0 aliphatic carbocycles. The molecular formula is C15H13BrN2O2S. The van der Waals surface area contributed by atoms with Crippen molar-refractivity contribution in [2.45, 2.75) is 0 Å². The number of hydrogen-bond donors (Lipinski definition) is 2. The van der Waals surface area contributed by atoms with E-state index in [0.717, 1.165) is 5.56 Å². The highest BCUT2D eigenvalue weighted by Gasteiger charge is 2.11. The van der Waals surface area contributed by atoms with E-state index in [1.54, 1.807) is 49.6 Å². The van der Waals surface area contributed by atoms with Crippen LogP contribution in [0.5, 0.6) is 5.75 Å². The van der Waals surface area contributed by atoms with E-state index < -0.39 is 0 Å². The number of hydrogen-bond acceptors (Lipinski definition) is 3. The molecule has 2 rings (SSSR count). The van der Waals surface area contributed by atoms with Crippen molar-refractivity contribution in [2.24, 2.45) is 5.73 Å². The smallest absolute Gasteiger partial charge is 0.256 e. The van der Waals surface area contributed by atoms with Gasteiger partial charge >= 0.3 is 0 Å². The molecule has 21 heavy (non-hydrogen) atoms. The first-order chi connectivity index (χ1) is 10.0. The Hall–Kier alpha value is -1.92. The SMILES string of the molecule is COc1ccc(Br)c(C(=O)Nc2ccc(C(N)=S)cc2)c1. The van der Waals surface area contributed by atoms with Crippen LogP contribution in [0.4, 0.5) is 5.69 Å². The summed E-state index contributed by atoms with van der Waals surface area (Å²) in [7, 11) is 1.55. The molecule has 0 heterocycles. The number of rotatable bonds is 4. The van der Waals surface area contributed by atoms with Gasteiger partial charge in [0.1, 0.15) is 10.7 Å². The zero-order chi connectivity index (χ0) is 15.4. The predicted molar refractivity (Wildman–Crippen MR) is 91.0 cm³/mol. The summed E-state index contributed by atoms with van der Waals surface area (Å²) in [5.74, 6) is 0.385. The summed E-state index contributed by atoms with van der Waals surface area (Å²) in [6, 6.07) is 12.2. The van der Waals surface area contributed by atoms with Gasteiger partial charge in [-0.05, 0) is 58.4 Å². The Bertz CT molecular complexity index is 687. The van der Waals surface area contributed by atoms with Gasteiger partial charge in [-0.15, -0.1) is 0 Å². The van der Waals surface area contributed by atoms with Gasteiger partial charge in [0.15, 0.2) is 0 Å². The van der Waals surface area contributed by atoms with Crippen LogP contribution in [-0.2, 0) is 0 Å². The first-order valence-corrected chi connectivity index (χ1v) is 7.26. The van der Waals surface area contributed by atoms with Crippen LogP contribution in [0.2, 0.25) is 0 Å². The first kappa shape index (κ1) is 15.5. The minimum absolute atomic E-state index is 0.233. The number of methoxy groups -OCH3 is 1. The van der Waals surface area contributed by atoms with E-state index in [1.807, 2.05) is 0 Å². The molecule has 6 heteroatoms. The molecule has 0 fully saturated rings. The van der Waals surface area contributed by atoms with Crippen molar-refractivity contribution in [1.29, 1.82) is 0 Å². The zero-order valence-corrected chi connectivity index (χ0v) is 13.6. The molecule has 4 nitrogen and oxygen atoms in total. The second-order valence-corrected chi connectivity index (χ2v) is 5.54. The summed E-state index contributed by atoms with van der Waals surface area (Å²) >= 11 is 8.24. The number of halogens is 1. The minimum Gasteiger partial charge on any atom is -0.497 e. The van der Waals surface area contributed by atoms with Crippen LogP contribution in [0.25, 0.3) is 0 Å². The molecular weight excluding hydrogens is 352 g/mol. The Labute approximate surface area is 136 Å². The number of nitrogens with one attached hydrogen (secondary N) is 1. The first-order valence-electron chi connectivity index (χ1n) is 6.06. The van der Waals surface area contributed by atoms with Gasteiger partial charge in [0.05, 0.1) is 12.7 Å². The number of amides is 1. The molecule has 0 aromatic heterocycles. The lowest BCUT2D eigenvalue weighted by molar-refractivity contribution is 0.102. The molecule has 0 bridgehead atoms. The number of nitrogens with two attached hydrogens (primary N) is 1. The summed E-state index contributed by atoms with van der Waals surface area (Å²) in [6.45, 7) is 0. The van der Waals surface area contributed by atoms with Crippen LogP contribution in [0.15, 0.2) is 46.9 Å². The van der Waals surface area contributed by atoms with Crippen LogP contribution in [0, 0.1) is 0 Å². The Morgan fingerprint density at radius 3 is 2.48 bits per heavy atom. The number of carbonyl (C=O) groups is 1. The third-order valence-electron chi connectivity index (χ3n) is 2.85. The van der Waals surface area contributed by atoms with Gasteiger partial charge in [0.25, 0.3) is 5.91 Å². The lowest BCUT2D eigenvalue weighted by Crippen LogP contribution is -2.13. The Balaban J connectivity index is 2.19. The molecule has 0 aliphatic rings. The van der Waals surface area contributed by atoms with Crippen molar-refractivity contribution in [2.75, 3.05) is 12.4 Å². The molecule has 2 aromatic rings. The van der Waals surface area contributed by atoms with E-state index in [4.69, 9.17) is 22.7 Å². The van der Waals surface area contributed by atoms with Gasteiger partial charge < -0.3 is 15.8 Å². The van der Waals surface area contributed by atoms with Crippen molar-refractivity contribution in [3.8, 4) is 5.75 Å². The van der Waals surface area contributed by atoms with Gasteiger partial charge in [0, 0.05) is 15.7 Å². The second kappa shape index (κ2) is 6.69. The highest BCUT2D eigenvalue weighted by Crippen LogP contribution is 2.23. The lowest BCUT2D eigenvalue weighted by atomic mass is 10.1. The fourth-order valence-corrected chi connectivity index (χ4v) is 2.28. The lowest BCUT2D eigenvalue weighted by Gasteiger charge is -2.09. The molecule has 108 valence electrons. The highest BCUT2D eigenvalue weighted by atomic mass is 79.9. The quantitative estimate of drug-likeness (QED) is 0.816. The number of benzene rings is 2. The topological polar surface area (TPSA) is 64.3 Å². The molecule has 0 unspecified atom stereocenters. The van der Waals surface area contributed by atoms with Crippen LogP contribution in [0.3, 0.4) is 0 Å². The maximum atomic E-state index is 12.3. The summed E-state index contributed by atoms with van der Waals surface area (Å²) in [5, 5.41) is 2.81. The molecule has 0 atom stereocenters. The number of anilines is 1. The molecule has 3 N–H and O–H groups in total. The molecule has 0 spiro atoms. The van der Waals surface area contributed by atoms with Crippen molar-refractivity contribution < 1.29 is 9.53 Å². The van der Waals surface area contributed by atoms with Crippen molar-refractivity contribution >= 4 is 44.7 Å². The van der Waals surface area contributed by atoms with Gasteiger partial charge in [-0.2, -0.15) is 0 Å². The average Bonchev–Trinajstić information content (AvgIpc) is 2.48. The van der Waals surface area contributed by atoms with E-state index in [9.17, 15) is 4.79 Å². The Morgan fingerprint density at radius 1 is 1.24 bits per heavy atom. The standard InChI is InChI=1S/C15H13BrN2O2S/c1-20-11-6-7-13(16)12(8-11)15(19)18-10-4-2-9(3-5-10)14(17)21/h2-8H,1H3,(H2,17,21)(H,18,19). The minimum atomic E-state index is -0.233. The third kappa shape index (κ3) is 3.80. The van der Waals surface area contributed by atoms with Crippen LogP contribution < -0.4 is 15.8 Å². The van der Waals surface area contributed by atoms with Crippen LogP contribution in [0.1, 0.15) is 15.9 Å². The number of carbonyl (C=O) groups excluding carboxylic acids is 1. The summed E-state index contributed by atoms with van der Waals surface area (Å²) in [5.41, 5.74) is 7.44. The summed E-state index contributed by atoms with van der Waals surface area (Å²) in [6.07, 6.45) is 0. The van der Waals surface area contributed by atoms with Gasteiger partial charge in [-0.25, -0.2) is 0 Å². The normalized spacial score (nSPS) is 10.0. The van der Waals surface area contributed by atoms with Gasteiger partial charge in [-0.1, -0.05) is 12.2 Å². The van der Waals surface area contributed by atoms with E-state index in [-0.39, 0.29) is 5.91 Å². The monoisotopic (exact) mass is 364 g/mol. The van der Waals surface area contributed by atoms with E-state index in [2.05, 4.69) is 21.2 Å². The van der Waals surface area contributed by atoms with Crippen molar-refractivity contribution in [3.63, 3.8) is 0 Å². The molecule has 0 radical (unpaired) electrons. The Kier molecular flexibility index (Phi) is 4.93. The molecule has 2 aromatic carbocycles. The molecule has 0 saturated heterocycles. The second-order valence-electron chi connectivity index (χ2n) is 4.24. The molecule has 1 amide bonds. The maximum Gasteiger partial charge on any atom is 0.256 e. The maximum absolute atomic E-state index is 12.3. The number of thiocarbonyl (C=S) groups is 1. The summed E-state index contributed by atoms with van der Waals surface area (Å²) in [4.78, 5) is 12.6. The van der Waals surface area contributed by atoms with E-state index >= 15 is 0 Å². The van der Waals surface area contributed by atoms with Crippen LogP contribution in [-0.4, -0.2) is 18.0 Å². The van der Waals surface area contributed by atoms with Crippen molar-refractivity contribution in [3.05, 3.63) is 58.1 Å². The van der Waals surface area contributed by atoms with E-state index in [0.29, 0.717) is 26.5 Å². The molecule has 0 aliphatic heterocycles. The highest BCUT2D eigenvalue weighted by molar-refractivity contribution is 9.10. The fourth-order valence-electron chi connectivity index (χ4n) is 1.72. The Morgan fingerprint density at radius 2 is 1.90 bits per heavy atom. The largest absolute Gasteiger partial charge is 0.497 e. The zero-order valence-electron chi connectivity index (χ0n) is 11.2. The van der Waals surface area contributed by atoms with E-state index in [1.165, 1.54) is 0 Å². The van der Waals surface area contributed by atoms with Gasteiger partial charge in [-0.3, -0.25) is 4.79 Å².